The summed E-state index contributed by atoms with van der Waals surface area (Å²) in [6.07, 6.45) is 1.90. The second-order valence-corrected chi connectivity index (χ2v) is 4.79. The van der Waals surface area contributed by atoms with E-state index in [-0.39, 0.29) is 5.92 Å². The van der Waals surface area contributed by atoms with Crippen LogP contribution in [0.3, 0.4) is 0 Å². The zero-order valence-corrected chi connectivity index (χ0v) is 10.1. The smallest absolute Gasteiger partial charge is 0.123 e. The number of hydrogen-bond donors (Lipinski definition) is 0. The van der Waals surface area contributed by atoms with E-state index in [9.17, 15) is 4.79 Å². The molecule has 0 saturated heterocycles. The fourth-order valence-corrected chi connectivity index (χ4v) is 1.60. The van der Waals surface area contributed by atoms with Crippen LogP contribution in [-0.2, 0) is 11.2 Å². The molecule has 0 heterocycles. The maximum atomic E-state index is 10.8. The first-order valence-corrected chi connectivity index (χ1v) is 5.62. The summed E-state index contributed by atoms with van der Waals surface area (Å²) in [6, 6.07) is 8.14. The predicted molar refractivity (Wildman–Crippen MR) is 62.2 cm³/mol. The quantitative estimate of drug-likeness (QED) is 0.753. The molecular formula is C12H15BrO. The van der Waals surface area contributed by atoms with Crippen LogP contribution in [0.2, 0.25) is 0 Å². The molecule has 1 nitrogen and oxygen atoms in total. The minimum absolute atomic E-state index is 0.135. The Hall–Kier alpha value is -0.630. The molecule has 0 aliphatic carbocycles. The molecule has 0 spiro atoms. The van der Waals surface area contributed by atoms with Crippen molar-refractivity contribution < 1.29 is 4.79 Å². The van der Waals surface area contributed by atoms with Crippen molar-refractivity contribution in [1.82, 2.24) is 0 Å². The topological polar surface area (TPSA) is 17.1 Å². The third kappa shape index (κ3) is 3.26. The highest BCUT2D eigenvalue weighted by Crippen LogP contribution is 2.17. The van der Waals surface area contributed by atoms with Crippen molar-refractivity contribution in [3.8, 4) is 0 Å². The van der Waals surface area contributed by atoms with Crippen LogP contribution in [0.1, 0.15) is 19.4 Å². The minimum Gasteiger partial charge on any atom is -0.303 e. The summed E-state index contributed by atoms with van der Waals surface area (Å²) in [5.41, 5.74) is 1.22. The normalized spacial score (nSPS) is 12.9. The van der Waals surface area contributed by atoms with Crippen molar-refractivity contribution in [2.24, 2.45) is 11.8 Å². The Morgan fingerprint density at radius 2 is 1.86 bits per heavy atom. The van der Waals surface area contributed by atoms with E-state index in [2.05, 4.69) is 41.9 Å². The highest BCUT2D eigenvalue weighted by Gasteiger charge is 2.12. The molecule has 76 valence electrons. The summed E-state index contributed by atoms with van der Waals surface area (Å²) in [4.78, 5) is 10.8. The van der Waals surface area contributed by atoms with Gasteiger partial charge in [0.25, 0.3) is 0 Å². The number of carbonyl (C=O) groups is 1. The van der Waals surface area contributed by atoms with E-state index in [1.165, 1.54) is 5.56 Å². The average molecular weight is 255 g/mol. The van der Waals surface area contributed by atoms with Gasteiger partial charge >= 0.3 is 0 Å². The van der Waals surface area contributed by atoms with Crippen LogP contribution in [-0.4, -0.2) is 6.29 Å². The minimum atomic E-state index is 0.135. The Morgan fingerprint density at radius 1 is 1.29 bits per heavy atom. The van der Waals surface area contributed by atoms with Gasteiger partial charge in [-0.15, -0.1) is 0 Å². The van der Waals surface area contributed by atoms with Crippen LogP contribution >= 0.6 is 15.9 Å². The molecule has 0 N–H and O–H groups in total. The lowest BCUT2D eigenvalue weighted by molar-refractivity contribution is -0.112. The van der Waals surface area contributed by atoms with E-state index < -0.39 is 0 Å². The first-order valence-electron chi connectivity index (χ1n) is 4.83. The molecule has 0 fully saturated rings. The van der Waals surface area contributed by atoms with Gasteiger partial charge in [0, 0.05) is 10.4 Å². The van der Waals surface area contributed by atoms with Crippen molar-refractivity contribution in [2.75, 3.05) is 0 Å². The summed E-state index contributed by atoms with van der Waals surface area (Å²) < 4.78 is 1.08. The van der Waals surface area contributed by atoms with Crippen molar-refractivity contribution in [2.45, 2.75) is 20.3 Å². The first-order chi connectivity index (χ1) is 6.63. The number of carbonyl (C=O) groups excluding carboxylic acids is 1. The standard InChI is InChI=1S/C12H15BrO/c1-9(2)11(8-14)7-10-3-5-12(13)6-4-10/h3-6,8-9,11H,7H2,1-2H3. The summed E-state index contributed by atoms with van der Waals surface area (Å²) in [5, 5.41) is 0. The van der Waals surface area contributed by atoms with Gasteiger partial charge in [-0.05, 0) is 30.0 Å². The highest BCUT2D eigenvalue weighted by molar-refractivity contribution is 9.10. The Balaban J connectivity index is 2.67. The van der Waals surface area contributed by atoms with Gasteiger partial charge in [-0.2, -0.15) is 0 Å². The number of benzene rings is 1. The molecule has 2 heteroatoms. The third-order valence-corrected chi connectivity index (χ3v) is 2.94. The maximum absolute atomic E-state index is 10.8. The molecule has 1 unspecified atom stereocenters. The average Bonchev–Trinajstić information content (AvgIpc) is 2.16. The molecule has 0 saturated carbocycles. The van der Waals surface area contributed by atoms with Gasteiger partial charge in [0.2, 0.25) is 0 Å². The third-order valence-electron chi connectivity index (χ3n) is 2.42. The summed E-state index contributed by atoms with van der Waals surface area (Å²) in [6.45, 7) is 4.16. The van der Waals surface area contributed by atoms with Crippen molar-refractivity contribution in [3.63, 3.8) is 0 Å². The van der Waals surface area contributed by atoms with E-state index in [1.54, 1.807) is 0 Å². The summed E-state index contributed by atoms with van der Waals surface area (Å²) in [7, 11) is 0. The Morgan fingerprint density at radius 3 is 2.29 bits per heavy atom. The molecule has 0 bridgehead atoms. The van der Waals surface area contributed by atoms with Gasteiger partial charge in [0.1, 0.15) is 6.29 Å². The second-order valence-electron chi connectivity index (χ2n) is 3.87. The van der Waals surface area contributed by atoms with E-state index in [0.29, 0.717) is 5.92 Å². The largest absolute Gasteiger partial charge is 0.303 e. The molecular weight excluding hydrogens is 240 g/mol. The molecule has 1 aromatic carbocycles. The van der Waals surface area contributed by atoms with E-state index in [1.807, 2.05) is 12.1 Å². The maximum Gasteiger partial charge on any atom is 0.123 e. The Bertz CT molecular complexity index is 290. The Labute approximate surface area is 93.7 Å². The van der Waals surface area contributed by atoms with Crippen molar-refractivity contribution in [3.05, 3.63) is 34.3 Å². The van der Waals surface area contributed by atoms with E-state index >= 15 is 0 Å². The monoisotopic (exact) mass is 254 g/mol. The van der Waals surface area contributed by atoms with Crippen molar-refractivity contribution >= 4 is 22.2 Å². The molecule has 0 aliphatic heterocycles. The lowest BCUT2D eigenvalue weighted by Crippen LogP contribution is -2.13. The zero-order valence-electron chi connectivity index (χ0n) is 8.53. The number of halogens is 1. The van der Waals surface area contributed by atoms with Crippen molar-refractivity contribution in [1.29, 1.82) is 0 Å². The van der Waals surface area contributed by atoms with E-state index in [4.69, 9.17) is 0 Å². The van der Waals surface area contributed by atoms with Gasteiger partial charge < -0.3 is 4.79 Å². The van der Waals surface area contributed by atoms with Gasteiger partial charge in [0.05, 0.1) is 0 Å². The SMILES string of the molecule is CC(C)C(C=O)Cc1ccc(Br)cc1. The number of hydrogen-bond acceptors (Lipinski definition) is 1. The number of aldehydes is 1. The molecule has 1 atom stereocenters. The van der Waals surface area contributed by atoms with Crippen LogP contribution in [0.15, 0.2) is 28.7 Å². The lowest BCUT2D eigenvalue weighted by atomic mass is 9.91. The zero-order chi connectivity index (χ0) is 10.6. The molecule has 0 aromatic heterocycles. The van der Waals surface area contributed by atoms with Crippen LogP contribution in [0.4, 0.5) is 0 Å². The van der Waals surface area contributed by atoms with Crippen LogP contribution < -0.4 is 0 Å². The molecule has 0 radical (unpaired) electrons. The molecule has 0 aliphatic rings. The highest BCUT2D eigenvalue weighted by atomic mass is 79.9. The van der Waals surface area contributed by atoms with Crippen LogP contribution in [0.25, 0.3) is 0 Å². The summed E-state index contributed by atoms with van der Waals surface area (Å²) in [5.74, 6) is 0.548. The van der Waals surface area contributed by atoms with Crippen LogP contribution in [0, 0.1) is 11.8 Å². The molecule has 14 heavy (non-hydrogen) atoms. The van der Waals surface area contributed by atoms with Gasteiger partial charge in [0.15, 0.2) is 0 Å². The molecule has 0 amide bonds. The number of rotatable bonds is 4. The second kappa shape index (κ2) is 5.30. The molecule has 1 rings (SSSR count). The van der Waals surface area contributed by atoms with Gasteiger partial charge in [-0.3, -0.25) is 0 Å². The molecule has 1 aromatic rings. The summed E-state index contributed by atoms with van der Waals surface area (Å²) >= 11 is 3.39. The van der Waals surface area contributed by atoms with Gasteiger partial charge in [-0.25, -0.2) is 0 Å². The predicted octanol–water partition coefficient (Wildman–Crippen LogP) is 3.46. The van der Waals surface area contributed by atoms with E-state index in [0.717, 1.165) is 17.2 Å². The fraction of sp³-hybridized carbons (Fsp3) is 0.417. The fourth-order valence-electron chi connectivity index (χ4n) is 1.33. The Kier molecular flexibility index (Phi) is 4.33. The van der Waals surface area contributed by atoms with Gasteiger partial charge in [-0.1, -0.05) is 41.9 Å². The lowest BCUT2D eigenvalue weighted by Gasteiger charge is -2.13. The van der Waals surface area contributed by atoms with Crippen LogP contribution in [0.5, 0.6) is 0 Å². The first kappa shape index (κ1) is 11.4.